The normalized spacial score (nSPS) is 12.7. The Bertz CT molecular complexity index is 104. The molecule has 0 atom stereocenters. The van der Waals surface area contributed by atoms with E-state index in [1.54, 1.807) is 0 Å². The maximum atomic E-state index is 2.27. The van der Waals surface area contributed by atoms with Crippen LogP contribution < -0.4 is 0 Å². The standard InChI is InChI=1S/C10H22N/c1-5-9-10-11(6-2,7-3)8-4/h5,9H,6-8,10H2,1-4H3/q+1. The highest BCUT2D eigenvalue weighted by molar-refractivity contribution is 4.76. The fourth-order valence-electron chi connectivity index (χ4n) is 1.39. The van der Waals surface area contributed by atoms with Crippen molar-refractivity contribution in [2.24, 2.45) is 0 Å². The largest absolute Gasteiger partial charge is 0.321 e. The van der Waals surface area contributed by atoms with Gasteiger partial charge in [-0.25, -0.2) is 0 Å². The third-order valence-corrected chi connectivity index (χ3v) is 2.74. The maximum absolute atomic E-state index is 2.27. The van der Waals surface area contributed by atoms with Gasteiger partial charge in [0, 0.05) is 0 Å². The molecule has 0 aromatic rings. The van der Waals surface area contributed by atoms with E-state index in [2.05, 4.69) is 39.8 Å². The van der Waals surface area contributed by atoms with Crippen molar-refractivity contribution in [3.63, 3.8) is 0 Å². The van der Waals surface area contributed by atoms with Crippen molar-refractivity contribution < 1.29 is 4.48 Å². The molecule has 0 saturated heterocycles. The number of rotatable bonds is 5. The molecule has 0 fully saturated rings. The molecule has 0 saturated carbocycles. The van der Waals surface area contributed by atoms with Gasteiger partial charge in [0.2, 0.25) is 0 Å². The van der Waals surface area contributed by atoms with E-state index in [4.69, 9.17) is 0 Å². The summed E-state index contributed by atoms with van der Waals surface area (Å²) in [5.74, 6) is 0. The lowest BCUT2D eigenvalue weighted by atomic mass is 10.3. The molecule has 0 rings (SSSR count). The lowest BCUT2D eigenvalue weighted by Gasteiger charge is -2.34. The van der Waals surface area contributed by atoms with E-state index < -0.39 is 0 Å². The Morgan fingerprint density at radius 1 is 1.00 bits per heavy atom. The molecule has 0 radical (unpaired) electrons. The highest BCUT2D eigenvalue weighted by Crippen LogP contribution is 2.05. The summed E-state index contributed by atoms with van der Waals surface area (Å²) in [5.41, 5.74) is 0. The zero-order valence-electron chi connectivity index (χ0n) is 8.43. The Morgan fingerprint density at radius 2 is 1.45 bits per heavy atom. The van der Waals surface area contributed by atoms with E-state index in [1.165, 1.54) is 30.7 Å². The second kappa shape index (κ2) is 5.36. The van der Waals surface area contributed by atoms with Crippen LogP contribution in [0, 0.1) is 0 Å². The van der Waals surface area contributed by atoms with E-state index in [9.17, 15) is 0 Å². The van der Waals surface area contributed by atoms with Gasteiger partial charge in [-0.05, 0) is 33.8 Å². The Labute approximate surface area is 71.3 Å². The molecule has 11 heavy (non-hydrogen) atoms. The predicted octanol–water partition coefficient (Wildman–Crippen LogP) is 2.44. The molecule has 0 aliphatic rings. The maximum Gasteiger partial charge on any atom is 0.0973 e. The number of quaternary nitrogens is 1. The molecule has 1 nitrogen and oxygen atoms in total. The molecule has 0 spiro atoms. The quantitative estimate of drug-likeness (QED) is 0.423. The van der Waals surface area contributed by atoms with E-state index in [-0.39, 0.29) is 0 Å². The van der Waals surface area contributed by atoms with E-state index >= 15 is 0 Å². The van der Waals surface area contributed by atoms with Crippen LogP contribution in [0.4, 0.5) is 0 Å². The zero-order valence-corrected chi connectivity index (χ0v) is 8.43. The van der Waals surface area contributed by atoms with Crippen molar-refractivity contribution in [1.29, 1.82) is 0 Å². The molecule has 0 heterocycles. The first-order chi connectivity index (χ1) is 5.24. The molecule has 0 aromatic heterocycles. The molecule has 0 aromatic carbocycles. The van der Waals surface area contributed by atoms with Crippen molar-refractivity contribution in [3.05, 3.63) is 12.2 Å². The second-order valence-electron chi connectivity index (χ2n) is 3.04. The number of allylic oxidation sites excluding steroid dienone is 1. The third kappa shape index (κ3) is 3.06. The van der Waals surface area contributed by atoms with Crippen molar-refractivity contribution in [3.8, 4) is 0 Å². The summed E-state index contributed by atoms with van der Waals surface area (Å²) in [6, 6.07) is 0. The van der Waals surface area contributed by atoms with Crippen molar-refractivity contribution in [2.45, 2.75) is 27.7 Å². The molecular weight excluding hydrogens is 134 g/mol. The molecule has 1 heteroatoms. The van der Waals surface area contributed by atoms with Crippen molar-refractivity contribution in [1.82, 2.24) is 0 Å². The van der Waals surface area contributed by atoms with Crippen molar-refractivity contribution >= 4 is 0 Å². The molecular formula is C10H22N+. The minimum absolute atomic E-state index is 1.19. The highest BCUT2D eigenvalue weighted by atomic mass is 15.3. The van der Waals surface area contributed by atoms with Gasteiger partial charge in [0.05, 0.1) is 26.2 Å². The zero-order chi connectivity index (χ0) is 8.74. The summed E-state index contributed by atoms with van der Waals surface area (Å²) in [6.07, 6.45) is 4.42. The summed E-state index contributed by atoms with van der Waals surface area (Å²) >= 11 is 0. The molecule has 0 aliphatic carbocycles. The van der Waals surface area contributed by atoms with Gasteiger partial charge in [0.1, 0.15) is 0 Å². The van der Waals surface area contributed by atoms with Gasteiger partial charge in [0.25, 0.3) is 0 Å². The smallest absolute Gasteiger partial charge is 0.0973 e. The van der Waals surface area contributed by atoms with Crippen LogP contribution in [0.15, 0.2) is 12.2 Å². The Morgan fingerprint density at radius 3 is 1.73 bits per heavy atom. The predicted molar refractivity (Wildman–Crippen MR) is 51.6 cm³/mol. The fourth-order valence-corrected chi connectivity index (χ4v) is 1.39. The van der Waals surface area contributed by atoms with Gasteiger partial charge in [-0.2, -0.15) is 0 Å². The second-order valence-corrected chi connectivity index (χ2v) is 3.04. The first-order valence-corrected chi connectivity index (χ1v) is 4.71. The average Bonchev–Trinajstić information content (AvgIpc) is 2.08. The van der Waals surface area contributed by atoms with E-state index in [0.717, 1.165) is 0 Å². The van der Waals surface area contributed by atoms with Gasteiger partial charge in [-0.1, -0.05) is 6.08 Å². The van der Waals surface area contributed by atoms with Crippen LogP contribution in [-0.2, 0) is 0 Å². The summed E-state index contributed by atoms with van der Waals surface area (Å²) in [6.45, 7) is 13.9. The van der Waals surface area contributed by atoms with Crippen LogP contribution in [-0.4, -0.2) is 30.7 Å². The van der Waals surface area contributed by atoms with Crippen LogP contribution in [0.25, 0.3) is 0 Å². The number of likely N-dealkylation sites (N-methyl/N-ethyl adjacent to an activating group) is 1. The third-order valence-electron chi connectivity index (χ3n) is 2.74. The lowest BCUT2D eigenvalue weighted by Crippen LogP contribution is -2.47. The van der Waals surface area contributed by atoms with Gasteiger partial charge >= 0.3 is 0 Å². The topological polar surface area (TPSA) is 0 Å². The number of hydrogen-bond donors (Lipinski definition) is 0. The fraction of sp³-hybridized carbons (Fsp3) is 0.800. The molecule has 0 aliphatic heterocycles. The lowest BCUT2D eigenvalue weighted by molar-refractivity contribution is -0.917. The van der Waals surface area contributed by atoms with Gasteiger partial charge < -0.3 is 4.48 Å². The first kappa shape index (κ1) is 10.7. The average molecular weight is 156 g/mol. The Balaban J connectivity index is 4.04. The van der Waals surface area contributed by atoms with E-state index in [0.29, 0.717) is 0 Å². The van der Waals surface area contributed by atoms with Gasteiger partial charge in [-0.15, -0.1) is 0 Å². The first-order valence-electron chi connectivity index (χ1n) is 4.71. The summed E-state index contributed by atoms with van der Waals surface area (Å²) < 4.78 is 1.23. The van der Waals surface area contributed by atoms with Gasteiger partial charge in [0.15, 0.2) is 0 Å². The monoisotopic (exact) mass is 156 g/mol. The minimum Gasteiger partial charge on any atom is -0.321 e. The summed E-state index contributed by atoms with van der Waals surface area (Å²) in [4.78, 5) is 0. The van der Waals surface area contributed by atoms with Crippen LogP contribution in [0.2, 0.25) is 0 Å². The number of nitrogens with zero attached hydrogens (tertiary/aromatic N) is 1. The molecule has 0 N–H and O–H groups in total. The molecule has 0 bridgehead atoms. The van der Waals surface area contributed by atoms with Crippen LogP contribution in [0.5, 0.6) is 0 Å². The van der Waals surface area contributed by atoms with Crippen LogP contribution in [0.3, 0.4) is 0 Å². The summed E-state index contributed by atoms with van der Waals surface area (Å²) in [7, 11) is 0. The molecule has 0 amide bonds. The Kier molecular flexibility index (Phi) is 5.22. The molecule has 66 valence electrons. The van der Waals surface area contributed by atoms with Crippen molar-refractivity contribution in [2.75, 3.05) is 26.2 Å². The minimum atomic E-state index is 1.19. The molecule has 0 unspecified atom stereocenters. The van der Waals surface area contributed by atoms with E-state index in [1.807, 2.05) is 0 Å². The highest BCUT2D eigenvalue weighted by Gasteiger charge is 2.17. The van der Waals surface area contributed by atoms with Crippen LogP contribution >= 0.6 is 0 Å². The Hall–Kier alpha value is -0.300. The number of hydrogen-bond acceptors (Lipinski definition) is 0. The van der Waals surface area contributed by atoms with Crippen LogP contribution in [0.1, 0.15) is 27.7 Å². The summed E-state index contributed by atoms with van der Waals surface area (Å²) in [5, 5.41) is 0. The SMILES string of the molecule is CC=CC[N+](CC)(CC)CC. The van der Waals surface area contributed by atoms with Gasteiger partial charge in [-0.3, -0.25) is 0 Å².